The maximum absolute atomic E-state index is 11.8. The van der Waals surface area contributed by atoms with Crippen LogP contribution in [0.15, 0.2) is 18.3 Å². The van der Waals surface area contributed by atoms with Gasteiger partial charge in [0.1, 0.15) is 5.15 Å². The van der Waals surface area contributed by atoms with Gasteiger partial charge in [-0.1, -0.05) is 11.6 Å². The van der Waals surface area contributed by atoms with Crippen molar-refractivity contribution in [3.63, 3.8) is 0 Å². The quantitative estimate of drug-likeness (QED) is 0.764. The Kier molecular flexibility index (Phi) is 3.58. The first-order valence-corrected chi connectivity index (χ1v) is 5.72. The third kappa shape index (κ3) is 3.17. The van der Waals surface area contributed by atoms with Crippen molar-refractivity contribution in [2.45, 2.75) is 18.9 Å². The van der Waals surface area contributed by atoms with Gasteiger partial charge in [0.05, 0.1) is 5.56 Å². The molecule has 2 rings (SSSR count). The summed E-state index contributed by atoms with van der Waals surface area (Å²) in [5, 5.41) is 5.90. The summed E-state index contributed by atoms with van der Waals surface area (Å²) in [4.78, 5) is 26.6. The molecule has 1 aliphatic heterocycles. The lowest BCUT2D eigenvalue weighted by Crippen LogP contribution is -2.47. The van der Waals surface area contributed by atoms with E-state index < -0.39 is 0 Å². The van der Waals surface area contributed by atoms with Crippen molar-refractivity contribution in [1.82, 2.24) is 15.6 Å². The van der Waals surface area contributed by atoms with Gasteiger partial charge in [-0.15, -0.1) is 0 Å². The van der Waals surface area contributed by atoms with Gasteiger partial charge in [0.25, 0.3) is 5.91 Å². The molecule has 1 aromatic heterocycles. The van der Waals surface area contributed by atoms with Crippen LogP contribution in [0.25, 0.3) is 0 Å². The summed E-state index contributed by atoms with van der Waals surface area (Å²) in [5.41, 5.74) is 0.464. The molecule has 1 aromatic rings. The third-order valence-electron chi connectivity index (χ3n) is 2.59. The topological polar surface area (TPSA) is 71.1 Å². The summed E-state index contributed by atoms with van der Waals surface area (Å²) in [7, 11) is 0. The van der Waals surface area contributed by atoms with Gasteiger partial charge in [0.15, 0.2) is 0 Å². The molecule has 0 aromatic carbocycles. The maximum Gasteiger partial charge on any atom is 0.253 e. The highest BCUT2D eigenvalue weighted by molar-refractivity contribution is 6.29. The van der Waals surface area contributed by atoms with Gasteiger partial charge >= 0.3 is 0 Å². The van der Waals surface area contributed by atoms with E-state index in [1.807, 2.05) is 0 Å². The molecule has 1 unspecified atom stereocenters. The molecule has 6 heteroatoms. The summed E-state index contributed by atoms with van der Waals surface area (Å²) in [6, 6.07) is 3.17. The SMILES string of the molecule is O=C1CCC(NC(=O)c2ccc(Cl)nc2)CN1. The van der Waals surface area contributed by atoms with E-state index in [2.05, 4.69) is 15.6 Å². The molecular formula is C11H12ClN3O2. The van der Waals surface area contributed by atoms with Crippen molar-refractivity contribution in [3.8, 4) is 0 Å². The molecule has 0 radical (unpaired) electrons. The van der Waals surface area contributed by atoms with E-state index in [-0.39, 0.29) is 17.9 Å². The van der Waals surface area contributed by atoms with E-state index in [9.17, 15) is 9.59 Å². The standard InChI is InChI=1S/C11H12ClN3O2/c12-9-3-1-7(5-13-9)11(17)15-8-2-4-10(16)14-6-8/h1,3,5,8H,2,4,6H2,(H,14,16)(H,15,17). The zero-order valence-corrected chi connectivity index (χ0v) is 9.83. The van der Waals surface area contributed by atoms with Crippen LogP contribution in [-0.4, -0.2) is 29.4 Å². The van der Waals surface area contributed by atoms with Crippen molar-refractivity contribution in [3.05, 3.63) is 29.0 Å². The van der Waals surface area contributed by atoms with Gasteiger partial charge in [-0.25, -0.2) is 4.98 Å². The number of aromatic nitrogens is 1. The fraction of sp³-hybridized carbons (Fsp3) is 0.364. The number of piperidine rings is 1. The average molecular weight is 254 g/mol. The second kappa shape index (κ2) is 5.14. The lowest BCUT2D eigenvalue weighted by Gasteiger charge is -2.23. The number of hydrogen-bond acceptors (Lipinski definition) is 3. The van der Waals surface area contributed by atoms with Gasteiger partial charge in [0, 0.05) is 25.2 Å². The molecule has 0 spiro atoms. The Labute approximate surface area is 104 Å². The highest BCUT2D eigenvalue weighted by atomic mass is 35.5. The highest BCUT2D eigenvalue weighted by Gasteiger charge is 2.20. The first-order valence-electron chi connectivity index (χ1n) is 5.34. The molecule has 2 heterocycles. The Balaban J connectivity index is 1.93. The molecule has 1 atom stereocenters. The van der Waals surface area contributed by atoms with E-state index in [0.717, 1.165) is 0 Å². The van der Waals surface area contributed by atoms with E-state index in [1.165, 1.54) is 6.20 Å². The number of halogens is 1. The molecule has 5 nitrogen and oxygen atoms in total. The summed E-state index contributed by atoms with van der Waals surface area (Å²) in [6.07, 6.45) is 2.54. The minimum Gasteiger partial charge on any atom is -0.354 e. The van der Waals surface area contributed by atoms with E-state index in [0.29, 0.717) is 30.1 Å². The molecule has 2 N–H and O–H groups in total. The zero-order chi connectivity index (χ0) is 12.3. The molecular weight excluding hydrogens is 242 g/mol. The highest BCUT2D eigenvalue weighted by Crippen LogP contribution is 2.07. The van der Waals surface area contributed by atoms with Crippen molar-refractivity contribution in [2.24, 2.45) is 0 Å². The Morgan fingerprint density at radius 3 is 2.94 bits per heavy atom. The van der Waals surface area contributed by atoms with Gasteiger partial charge in [-0.3, -0.25) is 9.59 Å². The molecule has 1 fully saturated rings. The molecule has 1 aliphatic rings. The fourth-order valence-corrected chi connectivity index (χ4v) is 1.75. The predicted octanol–water partition coefficient (Wildman–Crippen LogP) is 0.743. The average Bonchev–Trinajstić information content (AvgIpc) is 2.33. The molecule has 0 aliphatic carbocycles. The summed E-state index contributed by atoms with van der Waals surface area (Å²) in [6.45, 7) is 0.478. The Morgan fingerprint density at radius 2 is 2.35 bits per heavy atom. The lowest BCUT2D eigenvalue weighted by atomic mass is 10.1. The van der Waals surface area contributed by atoms with E-state index >= 15 is 0 Å². The maximum atomic E-state index is 11.8. The number of nitrogens with zero attached hydrogens (tertiary/aromatic N) is 1. The Morgan fingerprint density at radius 1 is 1.53 bits per heavy atom. The molecule has 0 saturated carbocycles. The zero-order valence-electron chi connectivity index (χ0n) is 9.07. The van der Waals surface area contributed by atoms with Crippen LogP contribution >= 0.6 is 11.6 Å². The van der Waals surface area contributed by atoms with Gasteiger partial charge < -0.3 is 10.6 Å². The van der Waals surface area contributed by atoms with E-state index in [1.54, 1.807) is 12.1 Å². The van der Waals surface area contributed by atoms with Crippen LogP contribution in [0.1, 0.15) is 23.2 Å². The van der Waals surface area contributed by atoms with Gasteiger partial charge in [-0.05, 0) is 18.6 Å². The van der Waals surface area contributed by atoms with E-state index in [4.69, 9.17) is 11.6 Å². The Hall–Kier alpha value is -1.62. The number of pyridine rings is 1. The van der Waals surface area contributed by atoms with Crippen LogP contribution < -0.4 is 10.6 Å². The summed E-state index contributed by atoms with van der Waals surface area (Å²) < 4.78 is 0. The number of carbonyl (C=O) groups is 2. The summed E-state index contributed by atoms with van der Waals surface area (Å²) in [5.74, 6) is -0.168. The number of rotatable bonds is 2. The first-order chi connectivity index (χ1) is 8.15. The predicted molar refractivity (Wildman–Crippen MR) is 62.7 cm³/mol. The number of nitrogens with one attached hydrogen (secondary N) is 2. The number of carbonyl (C=O) groups excluding carboxylic acids is 2. The summed E-state index contributed by atoms with van der Waals surface area (Å²) >= 11 is 5.63. The number of amides is 2. The van der Waals surface area contributed by atoms with Crippen LogP contribution in [0.4, 0.5) is 0 Å². The Bertz CT molecular complexity index is 423. The van der Waals surface area contributed by atoms with Crippen LogP contribution in [0.5, 0.6) is 0 Å². The van der Waals surface area contributed by atoms with Gasteiger partial charge in [0.2, 0.25) is 5.91 Å². The molecule has 2 amide bonds. The van der Waals surface area contributed by atoms with Crippen LogP contribution in [0.3, 0.4) is 0 Å². The van der Waals surface area contributed by atoms with Crippen molar-refractivity contribution in [1.29, 1.82) is 0 Å². The molecule has 0 bridgehead atoms. The normalized spacial score (nSPS) is 19.6. The van der Waals surface area contributed by atoms with Crippen molar-refractivity contribution >= 4 is 23.4 Å². The molecule has 1 saturated heterocycles. The molecule has 17 heavy (non-hydrogen) atoms. The largest absolute Gasteiger partial charge is 0.354 e. The second-order valence-electron chi connectivity index (χ2n) is 3.88. The number of hydrogen-bond donors (Lipinski definition) is 2. The third-order valence-corrected chi connectivity index (χ3v) is 2.81. The van der Waals surface area contributed by atoms with Crippen LogP contribution in [0, 0.1) is 0 Å². The lowest BCUT2D eigenvalue weighted by molar-refractivity contribution is -0.122. The van der Waals surface area contributed by atoms with Gasteiger partial charge in [-0.2, -0.15) is 0 Å². The van der Waals surface area contributed by atoms with Crippen molar-refractivity contribution in [2.75, 3.05) is 6.54 Å². The smallest absolute Gasteiger partial charge is 0.253 e. The fourth-order valence-electron chi connectivity index (χ4n) is 1.63. The van der Waals surface area contributed by atoms with Crippen LogP contribution in [-0.2, 0) is 4.79 Å². The van der Waals surface area contributed by atoms with Crippen LogP contribution in [0.2, 0.25) is 5.15 Å². The molecule has 90 valence electrons. The van der Waals surface area contributed by atoms with Crippen molar-refractivity contribution < 1.29 is 9.59 Å². The first kappa shape index (κ1) is 11.9. The second-order valence-corrected chi connectivity index (χ2v) is 4.27. The minimum absolute atomic E-state index is 0.0177. The minimum atomic E-state index is -0.199. The monoisotopic (exact) mass is 253 g/mol.